The molecule has 0 radical (unpaired) electrons. The zero-order chi connectivity index (χ0) is 12.2. The first-order valence-corrected chi connectivity index (χ1v) is 6.78. The number of rotatable bonds is 0. The topological polar surface area (TPSA) is 26.0 Å². The second-order valence-electron chi connectivity index (χ2n) is 4.05. The molecule has 1 atom stereocenters. The van der Waals surface area contributed by atoms with Crippen LogP contribution in [0, 0.1) is 0 Å². The Morgan fingerprint density at radius 1 is 1.00 bits per heavy atom. The fourth-order valence-corrected chi connectivity index (χ4v) is 3.45. The van der Waals surface area contributed by atoms with Crippen molar-refractivity contribution in [2.75, 3.05) is 5.73 Å². The monoisotopic (exact) mass is 327 g/mol. The lowest BCUT2D eigenvalue weighted by molar-refractivity contribution is 1.25. The Hall–Kier alpha value is -0.700. The van der Waals surface area contributed by atoms with Crippen LogP contribution in [-0.2, 0) is 0 Å². The molecular weight excluding hydrogens is 321 g/mol. The second kappa shape index (κ2) is 3.91. The van der Waals surface area contributed by atoms with Crippen molar-refractivity contribution < 1.29 is 0 Å². The minimum Gasteiger partial charge on any atom is -0.398 e. The van der Waals surface area contributed by atoms with Crippen molar-refractivity contribution in [2.45, 2.75) is 4.83 Å². The summed E-state index contributed by atoms with van der Waals surface area (Å²) in [6.07, 6.45) is 0. The molecule has 3 rings (SSSR count). The summed E-state index contributed by atoms with van der Waals surface area (Å²) in [5.74, 6) is 0. The van der Waals surface area contributed by atoms with E-state index in [4.69, 9.17) is 28.9 Å². The normalized spacial score (nSPS) is 16.8. The summed E-state index contributed by atoms with van der Waals surface area (Å²) in [4.78, 5) is 0.104. The molecule has 4 heteroatoms. The van der Waals surface area contributed by atoms with Crippen molar-refractivity contribution in [2.24, 2.45) is 0 Å². The molecule has 0 saturated carbocycles. The number of alkyl halides is 1. The van der Waals surface area contributed by atoms with Gasteiger partial charge in [0.25, 0.3) is 0 Å². The Morgan fingerprint density at radius 2 is 1.71 bits per heavy atom. The van der Waals surface area contributed by atoms with Gasteiger partial charge in [-0.15, -0.1) is 0 Å². The van der Waals surface area contributed by atoms with Gasteiger partial charge in [-0.3, -0.25) is 0 Å². The van der Waals surface area contributed by atoms with Crippen molar-refractivity contribution in [3.8, 4) is 11.1 Å². The number of hydrogen-bond acceptors (Lipinski definition) is 1. The number of fused-ring (bicyclic) bond motifs is 3. The molecule has 17 heavy (non-hydrogen) atoms. The lowest BCUT2D eigenvalue weighted by Gasteiger charge is -2.06. The summed E-state index contributed by atoms with van der Waals surface area (Å²) in [5.41, 5.74) is 11.2. The molecule has 0 saturated heterocycles. The van der Waals surface area contributed by atoms with E-state index in [2.05, 4.69) is 15.9 Å². The molecule has 0 heterocycles. The number of anilines is 1. The average molecular weight is 329 g/mol. The number of hydrogen-bond donors (Lipinski definition) is 1. The van der Waals surface area contributed by atoms with Crippen LogP contribution in [0.5, 0.6) is 0 Å². The van der Waals surface area contributed by atoms with Crippen LogP contribution in [0.3, 0.4) is 0 Å². The van der Waals surface area contributed by atoms with Crippen molar-refractivity contribution in [1.82, 2.24) is 0 Å². The SMILES string of the molecule is Nc1cc(Cl)cc2c1-c1ccc(Cl)cc1C2Br. The average Bonchev–Trinajstić information content (AvgIpc) is 2.53. The van der Waals surface area contributed by atoms with Gasteiger partial charge < -0.3 is 5.73 Å². The standard InChI is InChI=1S/C13H8BrCl2N/c14-13-9-3-6(15)1-2-8(9)12-10(13)4-7(16)5-11(12)17/h1-5,13H,17H2. The van der Waals surface area contributed by atoms with Gasteiger partial charge in [-0.05, 0) is 41.0 Å². The summed E-state index contributed by atoms with van der Waals surface area (Å²) >= 11 is 15.7. The van der Waals surface area contributed by atoms with Crippen LogP contribution in [0.4, 0.5) is 5.69 Å². The first-order valence-electron chi connectivity index (χ1n) is 5.10. The van der Waals surface area contributed by atoms with Gasteiger partial charge in [0.2, 0.25) is 0 Å². The summed E-state index contributed by atoms with van der Waals surface area (Å²) in [6.45, 7) is 0. The van der Waals surface area contributed by atoms with Crippen molar-refractivity contribution in [1.29, 1.82) is 0 Å². The number of benzene rings is 2. The molecule has 2 aromatic carbocycles. The fourth-order valence-electron chi connectivity index (χ4n) is 2.30. The van der Waals surface area contributed by atoms with E-state index in [9.17, 15) is 0 Å². The van der Waals surface area contributed by atoms with E-state index >= 15 is 0 Å². The third-order valence-electron chi connectivity index (χ3n) is 2.99. The molecule has 0 aliphatic heterocycles. The van der Waals surface area contributed by atoms with E-state index in [0.717, 1.165) is 27.3 Å². The molecule has 0 aromatic heterocycles. The van der Waals surface area contributed by atoms with E-state index in [-0.39, 0.29) is 4.83 Å². The Kier molecular flexibility index (Phi) is 2.62. The summed E-state index contributed by atoms with van der Waals surface area (Å²) < 4.78 is 0. The summed E-state index contributed by atoms with van der Waals surface area (Å²) in [6, 6.07) is 9.57. The van der Waals surface area contributed by atoms with Gasteiger partial charge >= 0.3 is 0 Å². The molecule has 2 N–H and O–H groups in total. The molecule has 1 aliphatic carbocycles. The fraction of sp³-hybridized carbons (Fsp3) is 0.0769. The highest BCUT2D eigenvalue weighted by molar-refractivity contribution is 9.09. The number of nitrogens with two attached hydrogens (primary N) is 1. The Morgan fingerprint density at radius 3 is 2.47 bits per heavy atom. The lowest BCUT2D eigenvalue weighted by atomic mass is 10.0. The van der Waals surface area contributed by atoms with Gasteiger partial charge in [-0.25, -0.2) is 0 Å². The summed E-state index contributed by atoms with van der Waals surface area (Å²) in [7, 11) is 0. The van der Waals surface area contributed by atoms with Gasteiger partial charge in [0.05, 0.1) is 4.83 Å². The van der Waals surface area contributed by atoms with Crippen LogP contribution in [0.1, 0.15) is 16.0 Å². The predicted molar refractivity (Wildman–Crippen MR) is 77.1 cm³/mol. The minimum atomic E-state index is 0.104. The third-order valence-corrected chi connectivity index (χ3v) is 4.43. The maximum absolute atomic E-state index is 6.05. The van der Waals surface area contributed by atoms with Gasteiger partial charge in [0.1, 0.15) is 0 Å². The van der Waals surface area contributed by atoms with Gasteiger partial charge in [0, 0.05) is 21.3 Å². The third kappa shape index (κ3) is 1.67. The maximum atomic E-state index is 6.05. The highest BCUT2D eigenvalue weighted by Gasteiger charge is 2.28. The maximum Gasteiger partial charge on any atom is 0.0658 e. The predicted octanol–water partition coefficient (Wildman–Crippen LogP) is 5.04. The zero-order valence-corrected chi connectivity index (χ0v) is 11.8. The smallest absolute Gasteiger partial charge is 0.0658 e. The molecular formula is C13H8BrCl2N. The number of halogens is 3. The van der Waals surface area contributed by atoms with Crippen molar-refractivity contribution >= 4 is 44.8 Å². The highest BCUT2D eigenvalue weighted by Crippen LogP contribution is 2.51. The highest BCUT2D eigenvalue weighted by atomic mass is 79.9. The van der Waals surface area contributed by atoms with Gasteiger partial charge in [-0.1, -0.05) is 45.2 Å². The van der Waals surface area contributed by atoms with Crippen molar-refractivity contribution in [3.63, 3.8) is 0 Å². The molecule has 0 spiro atoms. The second-order valence-corrected chi connectivity index (χ2v) is 5.84. The van der Waals surface area contributed by atoms with E-state index < -0.39 is 0 Å². The van der Waals surface area contributed by atoms with E-state index in [1.54, 1.807) is 6.07 Å². The van der Waals surface area contributed by atoms with Crippen LogP contribution in [-0.4, -0.2) is 0 Å². The van der Waals surface area contributed by atoms with Crippen LogP contribution in [0.2, 0.25) is 10.0 Å². The minimum absolute atomic E-state index is 0.104. The molecule has 0 bridgehead atoms. The Bertz CT molecular complexity index is 625. The quantitative estimate of drug-likeness (QED) is 0.532. The van der Waals surface area contributed by atoms with Crippen LogP contribution in [0.15, 0.2) is 30.3 Å². The van der Waals surface area contributed by atoms with Crippen LogP contribution >= 0.6 is 39.1 Å². The van der Waals surface area contributed by atoms with E-state index in [1.807, 2.05) is 24.3 Å². The largest absolute Gasteiger partial charge is 0.398 e. The molecule has 1 aliphatic rings. The van der Waals surface area contributed by atoms with E-state index in [0.29, 0.717) is 10.7 Å². The Labute approximate surface area is 118 Å². The molecule has 0 fully saturated rings. The molecule has 1 unspecified atom stereocenters. The summed E-state index contributed by atoms with van der Waals surface area (Å²) in [5, 5.41) is 1.38. The molecule has 0 amide bonds. The van der Waals surface area contributed by atoms with Crippen LogP contribution < -0.4 is 5.73 Å². The Balaban J connectivity index is 2.35. The van der Waals surface area contributed by atoms with Gasteiger partial charge in [0.15, 0.2) is 0 Å². The lowest BCUT2D eigenvalue weighted by Crippen LogP contribution is -1.91. The number of nitrogen functional groups attached to an aromatic ring is 1. The molecule has 86 valence electrons. The van der Waals surface area contributed by atoms with Gasteiger partial charge in [-0.2, -0.15) is 0 Å². The van der Waals surface area contributed by atoms with E-state index in [1.165, 1.54) is 0 Å². The molecule has 1 nitrogen and oxygen atoms in total. The molecule has 2 aromatic rings. The first kappa shape index (κ1) is 11.4. The first-order chi connectivity index (χ1) is 8.08. The van der Waals surface area contributed by atoms with Crippen molar-refractivity contribution in [3.05, 3.63) is 51.5 Å². The van der Waals surface area contributed by atoms with Crippen LogP contribution in [0.25, 0.3) is 11.1 Å². The zero-order valence-electron chi connectivity index (χ0n) is 8.68.